The molecule has 3 N–H and O–H groups in total. The Morgan fingerprint density at radius 1 is 1.03 bits per heavy atom. The van der Waals surface area contributed by atoms with Crippen molar-refractivity contribution < 1.29 is 9.47 Å². The van der Waals surface area contributed by atoms with Crippen molar-refractivity contribution in [1.82, 2.24) is 0 Å². The van der Waals surface area contributed by atoms with E-state index in [2.05, 4.69) is 42.4 Å². The second-order valence-electron chi connectivity index (χ2n) is 6.83. The first-order valence-corrected chi connectivity index (χ1v) is 10.0. The number of benzene rings is 2. The van der Waals surface area contributed by atoms with Gasteiger partial charge in [0.2, 0.25) is 0 Å². The van der Waals surface area contributed by atoms with Crippen LogP contribution < -0.4 is 11.1 Å². The fourth-order valence-corrected chi connectivity index (χ4v) is 2.76. The van der Waals surface area contributed by atoms with Gasteiger partial charge in [0.1, 0.15) is 0 Å². The lowest BCUT2D eigenvalue weighted by Crippen LogP contribution is -2.22. The van der Waals surface area contributed by atoms with Crippen molar-refractivity contribution >= 4 is 35.6 Å². The average molecular weight is 511 g/mol. The molecule has 160 valence electrons. The SMILES string of the molecule is CCOCCOCc1cccc(CN=C(N)Nc2ccc(C(C)CC)cc2)c1.I. The molecule has 6 heteroatoms. The van der Waals surface area contributed by atoms with Gasteiger partial charge in [-0.15, -0.1) is 24.0 Å². The number of guanidine groups is 1. The number of anilines is 1. The molecule has 0 aliphatic heterocycles. The van der Waals surface area contributed by atoms with Crippen molar-refractivity contribution in [3.63, 3.8) is 0 Å². The number of aliphatic imine (C=N–C) groups is 1. The third kappa shape index (κ3) is 9.60. The standard InChI is InChI=1S/C23H33N3O2.HI/c1-4-18(3)21-9-11-22(12-10-21)26-23(24)25-16-19-7-6-8-20(15-19)17-28-14-13-27-5-2;/h6-12,15,18H,4-5,13-14,16-17H2,1-3H3,(H3,24,25,26);1H. The number of nitrogens with two attached hydrogens (primary N) is 1. The van der Waals surface area contributed by atoms with Crippen molar-refractivity contribution in [2.24, 2.45) is 10.7 Å². The Hall–Kier alpha value is -1.64. The normalized spacial score (nSPS) is 12.3. The summed E-state index contributed by atoms with van der Waals surface area (Å²) in [5, 5.41) is 3.15. The van der Waals surface area contributed by atoms with E-state index in [4.69, 9.17) is 15.2 Å². The Kier molecular flexibility index (Phi) is 12.6. The maximum absolute atomic E-state index is 6.04. The Morgan fingerprint density at radius 3 is 2.41 bits per heavy atom. The van der Waals surface area contributed by atoms with Crippen molar-refractivity contribution in [3.05, 3.63) is 65.2 Å². The van der Waals surface area contributed by atoms with Crippen LogP contribution in [0.25, 0.3) is 0 Å². The van der Waals surface area contributed by atoms with Crippen LogP contribution in [0.1, 0.15) is 49.8 Å². The van der Waals surface area contributed by atoms with Crippen molar-refractivity contribution in [3.8, 4) is 0 Å². The molecule has 1 unspecified atom stereocenters. The van der Waals surface area contributed by atoms with E-state index >= 15 is 0 Å². The van der Waals surface area contributed by atoms with Gasteiger partial charge in [-0.1, -0.05) is 50.2 Å². The highest BCUT2D eigenvalue weighted by Crippen LogP contribution is 2.20. The van der Waals surface area contributed by atoms with E-state index in [0.717, 1.165) is 23.2 Å². The van der Waals surface area contributed by atoms with Crippen molar-refractivity contribution in [2.75, 3.05) is 25.1 Å². The number of hydrogen-bond acceptors (Lipinski definition) is 3. The third-order valence-corrected chi connectivity index (χ3v) is 4.63. The van der Waals surface area contributed by atoms with Crippen LogP contribution in [0, 0.1) is 0 Å². The molecule has 2 rings (SSSR count). The fourth-order valence-electron chi connectivity index (χ4n) is 2.76. The third-order valence-electron chi connectivity index (χ3n) is 4.63. The van der Waals surface area contributed by atoms with Crippen LogP contribution in [0.2, 0.25) is 0 Å². The number of nitrogens with one attached hydrogen (secondary N) is 1. The first kappa shape index (κ1) is 25.4. The largest absolute Gasteiger partial charge is 0.379 e. The zero-order valence-corrected chi connectivity index (χ0v) is 20.0. The maximum Gasteiger partial charge on any atom is 0.193 e. The van der Waals surface area contributed by atoms with Gasteiger partial charge in [-0.2, -0.15) is 0 Å². The molecule has 0 spiro atoms. The highest BCUT2D eigenvalue weighted by Gasteiger charge is 2.03. The van der Waals surface area contributed by atoms with E-state index < -0.39 is 0 Å². The maximum atomic E-state index is 6.04. The molecule has 0 fully saturated rings. The van der Waals surface area contributed by atoms with Gasteiger partial charge >= 0.3 is 0 Å². The summed E-state index contributed by atoms with van der Waals surface area (Å²) < 4.78 is 10.9. The Bertz CT molecular complexity index is 735. The summed E-state index contributed by atoms with van der Waals surface area (Å²) in [7, 11) is 0. The second-order valence-corrected chi connectivity index (χ2v) is 6.83. The van der Waals surface area contributed by atoms with Crippen molar-refractivity contribution in [2.45, 2.75) is 46.3 Å². The zero-order chi connectivity index (χ0) is 20.2. The molecule has 29 heavy (non-hydrogen) atoms. The van der Waals surface area contributed by atoms with E-state index in [1.807, 2.05) is 37.3 Å². The van der Waals surface area contributed by atoms with E-state index in [1.165, 1.54) is 5.56 Å². The predicted molar refractivity (Wildman–Crippen MR) is 132 cm³/mol. The number of halogens is 1. The number of hydrogen-bond donors (Lipinski definition) is 2. The highest BCUT2D eigenvalue weighted by atomic mass is 127. The van der Waals surface area contributed by atoms with Gasteiger partial charge in [0, 0.05) is 12.3 Å². The van der Waals surface area contributed by atoms with Gasteiger partial charge in [0.05, 0.1) is 26.4 Å². The van der Waals surface area contributed by atoms with Gasteiger partial charge in [-0.05, 0) is 48.1 Å². The van der Waals surface area contributed by atoms with Gasteiger partial charge < -0.3 is 20.5 Å². The summed E-state index contributed by atoms with van der Waals surface area (Å²) in [4.78, 5) is 4.45. The van der Waals surface area contributed by atoms with Crippen LogP contribution in [-0.2, 0) is 22.6 Å². The van der Waals surface area contributed by atoms with E-state index in [9.17, 15) is 0 Å². The molecule has 0 aliphatic carbocycles. The Labute approximate surface area is 192 Å². The fraction of sp³-hybridized carbons (Fsp3) is 0.435. The summed E-state index contributed by atoms with van der Waals surface area (Å²) in [5.41, 5.74) is 10.5. The van der Waals surface area contributed by atoms with Gasteiger partial charge in [0.15, 0.2) is 5.96 Å². The lowest BCUT2D eigenvalue weighted by atomic mass is 9.99. The van der Waals surface area contributed by atoms with Crippen LogP contribution in [0.4, 0.5) is 5.69 Å². The minimum absolute atomic E-state index is 0. The molecule has 0 aliphatic rings. The number of nitrogens with zero attached hydrogens (tertiary/aromatic N) is 1. The molecule has 2 aromatic rings. The first-order chi connectivity index (χ1) is 13.6. The lowest BCUT2D eigenvalue weighted by molar-refractivity contribution is 0.0453. The number of ether oxygens (including phenoxy) is 2. The van der Waals surface area contributed by atoms with Crippen LogP contribution in [0.5, 0.6) is 0 Å². The predicted octanol–water partition coefficient (Wildman–Crippen LogP) is 5.30. The van der Waals surface area contributed by atoms with Gasteiger partial charge in [-0.25, -0.2) is 4.99 Å². The van der Waals surface area contributed by atoms with E-state index in [-0.39, 0.29) is 24.0 Å². The topological polar surface area (TPSA) is 68.9 Å². The zero-order valence-electron chi connectivity index (χ0n) is 17.7. The molecule has 0 bridgehead atoms. The van der Waals surface area contributed by atoms with Gasteiger partial charge in [0.25, 0.3) is 0 Å². The molecule has 0 amide bonds. The van der Waals surface area contributed by atoms with E-state index in [0.29, 0.717) is 44.8 Å². The Balaban J connectivity index is 0.00000420. The number of rotatable bonds is 11. The minimum atomic E-state index is 0. The summed E-state index contributed by atoms with van der Waals surface area (Å²) in [6.45, 7) is 9.45. The van der Waals surface area contributed by atoms with Crippen LogP contribution in [0.3, 0.4) is 0 Å². The Morgan fingerprint density at radius 2 is 1.72 bits per heavy atom. The molecule has 0 radical (unpaired) electrons. The molecular weight excluding hydrogens is 477 g/mol. The molecule has 1 atom stereocenters. The quantitative estimate of drug-likeness (QED) is 0.186. The summed E-state index contributed by atoms with van der Waals surface area (Å²) >= 11 is 0. The monoisotopic (exact) mass is 511 g/mol. The summed E-state index contributed by atoms with van der Waals surface area (Å²) in [6.07, 6.45) is 1.13. The second kappa shape index (κ2) is 14.4. The smallest absolute Gasteiger partial charge is 0.193 e. The van der Waals surface area contributed by atoms with Crippen LogP contribution in [-0.4, -0.2) is 25.8 Å². The van der Waals surface area contributed by atoms with Gasteiger partial charge in [-0.3, -0.25) is 0 Å². The molecule has 0 saturated heterocycles. The first-order valence-electron chi connectivity index (χ1n) is 10.0. The lowest BCUT2D eigenvalue weighted by Gasteiger charge is -2.11. The molecule has 2 aromatic carbocycles. The van der Waals surface area contributed by atoms with Crippen molar-refractivity contribution in [1.29, 1.82) is 0 Å². The van der Waals surface area contributed by atoms with Crippen LogP contribution >= 0.6 is 24.0 Å². The molecule has 0 heterocycles. The van der Waals surface area contributed by atoms with E-state index in [1.54, 1.807) is 0 Å². The molecular formula is C23H34IN3O2. The summed E-state index contributed by atoms with van der Waals surface area (Å²) in [5.74, 6) is 0.977. The van der Waals surface area contributed by atoms with Crippen LogP contribution in [0.15, 0.2) is 53.5 Å². The molecule has 0 aromatic heterocycles. The summed E-state index contributed by atoms with van der Waals surface area (Å²) in [6, 6.07) is 16.6. The molecule has 5 nitrogen and oxygen atoms in total. The average Bonchev–Trinajstić information content (AvgIpc) is 2.72. The molecule has 0 saturated carbocycles. The minimum Gasteiger partial charge on any atom is -0.379 e. The highest BCUT2D eigenvalue weighted by molar-refractivity contribution is 14.0.